The molecule has 2 amide bonds. The predicted octanol–water partition coefficient (Wildman–Crippen LogP) is 1.75. The van der Waals surface area contributed by atoms with Gasteiger partial charge in [0.15, 0.2) is 0 Å². The minimum absolute atomic E-state index is 0.234. The Kier molecular flexibility index (Phi) is 4.29. The van der Waals surface area contributed by atoms with E-state index in [-0.39, 0.29) is 5.91 Å². The van der Waals surface area contributed by atoms with E-state index in [1.165, 1.54) is 6.42 Å². The molecule has 2 unspecified atom stereocenters. The van der Waals surface area contributed by atoms with E-state index < -0.39 is 0 Å². The third-order valence-electron chi connectivity index (χ3n) is 6.17. The van der Waals surface area contributed by atoms with Gasteiger partial charge in [0.1, 0.15) is 0 Å². The number of aromatic nitrogens is 2. The number of hydrogen-bond donors (Lipinski definition) is 0. The van der Waals surface area contributed by atoms with E-state index in [4.69, 9.17) is 0 Å². The molecule has 25 heavy (non-hydrogen) atoms. The van der Waals surface area contributed by atoms with Crippen LogP contribution in [0.5, 0.6) is 0 Å². The SMILES string of the molecule is Cc1cc(C)n(CCC(=O)N2CC3CC(C2)[C@H]2CCCC(=O)N2C3)n1. The molecule has 0 N–H and O–H groups in total. The summed E-state index contributed by atoms with van der Waals surface area (Å²) in [5.41, 5.74) is 2.11. The van der Waals surface area contributed by atoms with Crippen LogP contribution in [0.15, 0.2) is 6.07 Å². The summed E-state index contributed by atoms with van der Waals surface area (Å²) in [6.07, 6.45) is 4.51. The van der Waals surface area contributed by atoms with Crippen LogP contribution in [0.1, 0.15) is 43.5 Å². The quantitative estimate of drug-likeness (QED) is 0.839. The van der Waals surface area contributed by atoms with Crippen molar-refractivity contribution in [1.82, 2.24) is 19.6 Å². The Morgan fingerprint density at radius 3 is 2.88 bits per heavy atom. The number of rotatable bonds is 3. The van der Waals surface area contributed by atoms with Gasteiger partial charge in [-0.1, -0.05) is 0 Å². The molecule has 1 aromatic rings. The van der Waals surface area contributed by atoms with E-state index in [0.29, 0.717) is 43.2 Å². The van der Waals surface area contributed by atoms with Crippen molar-refractivity contribution in [3.63, 3.8) is 0 Å². The summed E-state index contributed by atoms with van der Waals surface area (Å²) in [6.45, 7) is 7.14. The van der Waals surface area contributed by atoms with Gasteiger partial charge < -0.3 is 9.80 Å². The van der Waals surface area contributed by atoms with E-state index in [1.54, 1.807) is 0 Å². The largest absolute Gasteiger partial charge is 0.342 e. The Bertz CT molecular complexity index is 683. The van der Waals surface area contributed by atoms with Crippen molar-refractivity contribution >= 4 is 11.8 Å². The summed E-state index contributed by atoms with van der Waals surface area (Å²) in [4.78, 5) is 29.1. The molecule has 0 aromatic carbocycles. The highest BCUT2D eigenvalue weighted by atomic mass is 16.2. The maximum atomic E-state index is 12.7. The molecule has 4 heterocycles. The molecule has 136 valence electrons. The normalized spacial score (nSPS) is 28.9. The number of carbonyl (C=O) groups is 2. The van der Waals surface area contributed by atoms with Crippen LogP contribution >= 0.6 is 0 Å². The van der Waals surface area contributed by atoms with Gasteiger partial charge in [0.05, 0.1) is 5.69 Å². The number of amides is 2. The van der Waals surface area contributed by atoms with Crippen LogP contribution in [0.2, 0.25) is 0 Å². The average Bonchev–Trinajstić information content (AvgIpc) is 2.91. The first-order valence-corrected chi connectivity index (χ1v) is 9.59. The first-order valence-electron chi connectivity index (χ1n) is 9.59. The average molecular weight is 344 g/mol. The molecule has 6 nitrogen and oxygen atoms in total. The lowest BCUT2D eigenvalue weighted by Gasteiger charge is -2.52. The van der Waals surface area contributed by atoms with E-state index in [9.17, 15) is 9.59 Å². The molecule has 1 aromatic heterocycles. The standard InChI is InChI=1S/C19H28N4O2/c1-13-8-14(2)23(20-13)7-6-18(24)21-10-15-9-16(12-21)17-4-3-5-19(25)22(17)11-15/h8,15-17H,3-7,9-12H2,1-2H3/t15?,16?,17-/m1/s1. The summed E-state index contributed by atoms with van der Waals surface area (Å²) in [7, 11) is 0. The molecular weight excluding hydrogens is 316 g/mol. The third kappa shape index (κ3) is 3.18. The van der Waals surface area contributed by atoms with Gasteiger partial charge in [0.25, 0.3) is 0 Å². The zero-order valence-corrected chi connectivity index (χ0v) is 15.3. The molecule has 3 atom stereocenters. The molecule has 0 spiro atoms. The molecule has 3 fully saturated rings. The highest BCUT2D eigenvalue weighted by molar-refractivity contribution is 5.78. The maximum absolute atomic E-state index is 12.7. The zero-order chi connectivity index (χ0) is 17.6. The van der Waals surface area contributed by atoms with Crippen molar-refractivity contribution in [3.05, 3.63) is 17.5 Å². The molecule has 3 saturated heterocycles. The smallest absolute Gasteiger partial charge is 0.224 e. The van der Waals surface area contributed by atoms with E-state index in [0.717, 1.165) is 43.9 Å². The lowest BCUT2D eigenvalue weighted by Crippen LogP contribution is -2.61. The minimum atomic E-state index is 0.234. The highest BCUT2D eigenvalue weighted by Crippen LogP contribution is 2.38. The van der Waals surface area contributed by atoms with Crippen LogP contribution in [0.25, 0.3) is 0 Å². The second-order valence-corrected chi connectivity index (χ2v) is 8.07. The first kappa shape index (κ1) is 16.6. The Morgan fingerprint density at radius 2 is 2.12 bits per heavy atom. The van der Waals surface area contributed by atoms with Crippen molar-refractivity contribution in [3.8, 4) is 0 Å². The molecule has 6 heteroatoms. The Balaban J connectivity index is 1.38. The van der Waals surface area contributed by atoms with Crippen molar-refractivity contribution in [2.45, 2.75) is 58.5 Å². The maximum Gasteiger partial charge on any atom is 0.224 e. The van der Waals surface area contributed by atoms with Crippen molar-refractivity contribution < 1.29 is 9.59 Å². The summed E-state index contributed by atoms with van der Waals surface area (Å²) in [6, 6.07) is 2.41. The molecule has 2 bridgehead atoms. The number of nitrogens with zero attached hydrogens (tertiary/aromatic N) is 4. The second-order valence-electron chi connectivity index (χ2n) is 8.07. The lowest BCUT2D eigenvalue weighted by molar-refractivity contribution is -0.148. The fourth-order valence-electron chi connectivity index (χ4n) is 5.07. The van der Waals surface area contributed by atoms with Crippen LogP contribution in [0.3, 0.4) is 0 Å². The van der Waals surface area contributed by atoms with Crippen LogP contribution < -0.4 is 0 Å². The molecule has 0 saturated carbocycles. The number of carbonyl (C=O) groups excluding carboxylic acids is 2. The van der Waals surface area contributed by atoms with E-state index >= 15 is 0 Å². The van der Waals surface area contributed by atoms with Gasteiger partial charge in [-0.15, -0.1) is 0 Å². The summed E-state index contributed by atoms with van der Waals surface area (Å²) in [5.74, 6) is 1.48. The van der Waals surface area contributed by atoms with E-state index in [1.807, 2.05) is 24.6 Å². The molecular formula is C19H28N4O2. The highest BCUT2D eigenvalue weighted by Gasteiger charge is 2.44. The van der Waals surface area contributed by atoms with Gasteiger partial charge in [-0.05, 0) is 51.0 Å². The fraction of sp³-hybridized carbons (Fsp3) is 0.737. The van der Waals surface area contributed by atoms with Gasteiger partial charge in [0.2, 0.25) is 11.8 Å². The minimum Gasteiger partial charge on any atom is -0.342 e. The Labute approximate surface area is 149 Å². The predicted molar refractivity (Wildman–Crippen MR) is 93.8 cm³/mol. The van der Waals surface area contributed by atoms with E-state index in [2.05, 4.69) is 14.9 Å². The monoisotopic (exact) mass is 344 g/mol. The zero-order valence-electron chi connectivity index (χ0n) is 15.3. The third-order valence-corrected chi connectivity index (χ3v) is 6.17. The van der Waals surface area contributed by atoms with Crippen molar-refractivity contribution in [1.29, 1.82) is 0 Å². The number of piperidine rings is 3. The van der Waals surface area contributed by atoms with Gasteiger partial charge in [-0.2, -0.15) is 5.10 Å². The molecule has 3 aliphatic heterocycles. The summed E-state index contributed by atoms with van der Waals surface area (Å²) in [5, 5.41) is 4.45. The van der Waals surface area contributed by atoms with Gasteiger partial charge in [-0.3, -0.25) is 14.3 Å². The molecule has 4 rings (SSSR count). The van der Waals surface area contributed by atoms with Gasteiger partial charge in [-0.25, -0.2) is 0 Å². The molecule has 0 radical (unpaired) electrons. The van der Waals surface area contributed by atoms with Crippen LogP contribution in [0.4, 0.5) is 0 Å². The first-order chi connectivity index (χ1) is 12.0. The summed E-state index contributed by atoms with van der Waals surface area (Å²) < 4.78 is 1.93. The number of aryl methyl sites for hydroxylation is 3. The van der Waals surface area contributed by atoms with Crippen LogP contribution in [-0.4, -0.2) is 57.1 Å². The summed E-state index contributed by atoms with van der Waals surface area (Å²) >= 11 is 0. The Hall–Kier alpha value is -1.85. The van der Waals surface area contributed by atoms with Crippen molar-refractivity contribution in [2.75, 3.05) is 19.6 Å². The fourth-order valence-corrected chi connectivity index (χ4v) is 5.07. The number of fused-ring (bicyclic) bond motifs is 4. The van der Waals surface area contributed by atoms with Crippen molar-refractivity contribution in [2.24, 2.45) is 11.8 Å². The van der Waals surface area contributed by atoms with Gasteiger partial charge >= 0.3 is 0 Å². The lowest BCUT2D eigenvalue weighted by atomic mass is 9.76. The number of hydrogen-bond acceptors (Lipinski definition) is 3. The van der Waals surface area contributed by atoms with Gasteiger partial charge in [0, 0.05) is 50.8 Å². The molecule has 3 aliphatic rings. The van der Waals surface area contributed by atoms with Crippen LogP contribution in [0, 0.1) is 25.7 Å². The van der Waals surface area contributed by atoms with Crippen LogP contribution in [-0.2, 0) is 16.1 Å². The topological polar surface area (TPSA) is 58.4 Å². The molecule has 0 aliphatic carbocycles. The second kappa shape index (κ2) is 6.46. The number of likely N-dealkylation sites (tertiary alicyclic amines) is 1. The Morgan fingerprint density at radius 1 is 1.28 bits per heavy atom.